The molecule has 24 heavy (non-hydrogen) atoms. The first-order valence-corrected chi connectivity index (χ1v) is 8.45. The molecule has 4 rings (SSSR count). The smallest absolute Gasteiger partial charge is 0.151 e. The van der Waals surface area contributed by atoms with Crippen LogP contribution in [-0.2, 0) is 13.0 Å². The number of benzene rings is 1. The van der Waals surface area contributed by atoms with Crippen molar-refractivity contribution in [2.75, 3.05) is 7.05 Å². The minimum atomic E-state index is 0.449. The number of aryl methyl sites for hydroxylation is 1. The quantitative estimate of drug-likeness (QED) is 0.721. The van der Waals surface area contributed by atoms with Crippen molar-refractivity contribution in [3.63, 3.8) is 0 Å². The van der Waals surface area contributed by atoms with E-state index in [-0.39, 0.29) is 0 Å². The van der Waals surface area contributed by atoms with Gasteiger partial charge < -0.3 is 4.52 Å². The molecule has 1 aliphatic rings. The minimum Gasteiger partial charge on any atom is -0.359 e. The molecule has 1 aliphatic carbocycles. The highest BCUT2D eigenvalue weighted by Gasteiger charge is 2.24. The lowest BCUT2D eigenvalue weighted by molar-refractivity contribution is 0.190. The van der Waals surface area contributed by atoms with Crippen LogP contribution in [0.5, 0.6) is 0 Å². The molecule has 0 spiro atoms. The highest BCUT2D eigenvalue weighted by atomic mass is 16.5. The predicted molar refractivity (Wildman–Crippen MR) is 93.3 cm³/mol. The Hall–Kier alpha value is -2.46. The van der Waals surface area contributed by atoms with Crippen molar-refractivity contribution < 1.29 is 4.52 Å². The summed E-state index contributed by atoms with van der Waals surface area (Å²) in [5.41, 5.74) is 4.84. The molecular formula is C20H21N3O. The van der Waals surface area contributed by atoms with Gasteiger partial charge in [0.2, 0.25) is 0 Å². The second kappa shape index (κ2) is 6.57. The van der Waals surface area contributed by atoms with Crippen LogP contribution >= 0.6 is 0 Å². The molecule has 0 amide bonds. The van der Waals surface area contributed by atoms with E-state index in [2.05, 4.69) is 46.4 Å². The maximum atomic E-state index is 5.56. The summed E-state index contributed by atoms with van der Waals surface area (Å²) in [5.74, 6) is 0.896. The molecule has 1 atom stereocenters. The van der Waals surface area contributed by atoms with Crippen LogP contribution in [0.1, 0.15) is 35.8 Å². The van der Waals surface area contributed by atoms with Gasteiger partial charge in [-0.05, 0) is 49.6 Å². The minimum absolute atomic E-state index is 0.449. The van der Waals surface area contributed by atoms with Gasteiger partial charge in [0.25, 0.3) is 0 Å². The summed E-state index contributed by atoms with van der Waals surface area (Å²) in [6.45, 7) is 0.761. The fourth-order valence-electron chi connectivity index (χ4n) is 3.59. The molecule has 2 heterocycles. The van der Waals surface area contributed by atoms with E-state index in [0.717, 1.165) is 23.6 Å². The van der Waals surface area contributed by atoms with Crippen LogP contribution in [0.4, 0.5) is 0 Å². The van der Waals surface area contributed by atoms with Crippen LogP contribution in [0.15, 0.2) is 59.4 Å². The molecule has 0 bridgehead atoms. The van der Waals surface area contributed by atoms with Gasteiger partial charge in [-0.2, -0.15) is 0 Å². The molecule has 122 valence electrons. The van der Waals surface area contributed by atoms with Crippen molar-refractivity contribution in [3.8, 4) is 11.3 Å². The van der Waals surface area contributed by atoms with Crippen LogP contribution in [0.3, 0.4) is 0 Å². The first-order chi connectivity index (χ1) is 11.8. The zero-order chi connectivity index (χ0) is 16.4. The Morgan fingerprint density at radius 1 is 1.17 bits per heavy atom. The van der Waals surface area contributed by atoms with E-state index in [1.165, 1.54) is 30.4 Å². The zero-order valence-corrected chi connectivity index (χ0v) is 13.9. The van der Waals surface area contributed by atoms with E-state index in [4.69, 9.17) is 4.52 Å². The monoisotopic (exact) mass is 319 g/mol. The van der Waals surface area contributed by atoms with Crippen LogP contribution in [-0.4, -0.2) is 22.1 Å². The topological polar surface area (TPSA) is 42.2 Å². The normalized spacial score (nSPS) is 17.0. The Balaban J connectivity index is 1.51. The van der Waals surface area contributed by atoms with Crippen LogP contribution < -0.4 is 0 Å². The van der Waals surface area contributed by atoms with Gasteiger partial charge in [-0.15, -0.1) is 0 Å². The Labute approximate surface area is 142 Å². The molecule has 3 aromatic rings. The van der Waals surface area contributed by atoms with Gasteiger partial charge in [0.15, 0.2) is 5.76 Å². The lowest BCUT2D eigenvalue weighted by Gasteiger charge is -2.32. The summed E-state index contributed by atoms with van der Waals surface area (Å²) in [6, 6.07) is 15.2. The fraction of sp³-hybridized carbons (Fsp3) is 0.300. The summed E-state index contributed by atoms with van der Waals surface area (Å²) >= 11 is 0. The van der Waals surface area contributed by atoms with Gasteiger partial charge in [-0.1, -0.05) is 29.4 Å². The molecular weight excluding hydrogens is 298 g/mol. The number of pyridine rings is 1. The Kier molecular flexibility index (Phi) is 4.13. The molecule has 0 aliphatic heterocycles. The summed E-state index contributed by atoms with van der Waals surface area (Å²) < 4.78 is 5.56. The number of hydrogen-bond donors (Lipinski definition) is 0. The van der Waals surface area contributed by atoms with E-state index in [9.17, 15) is 0 Å². The Morgan fingerprint density at radius 2 is 2.00 bits per heavy atom. The lowest BCUT2D eigenvalue weighted by atomic mass is 9.87. The summed E-state index contributed by atoms with van der Waals surface area (Å²) in [4.78, 5) is 6.41. The van der Waals surface area contributed by atoms with Crippen LogP contribution in [0.2, 0.25) is 0 Å². The fourth-order valence-corrected chi connectivity index (χ4v) is 3.59. The number of fused-ring (bicyclic) bond motifs is 1. The SMILES string of the molecule is CN(Cc1cc(-c2ccncc2)no1)C1CCCc2ccccc21. The molecule has 1 unspecified atom stereocenters. The third-order valence-electron chi connectivity index (χ3n) is 4.81. The number of rotatable bonds is 4. The van der Waals surface area contributed by atoms with Crippen molar-refractivity contribution in [1.29, 1.82) is 0 Å². The van der Waals surface area contributed by atoms with Gasteiger partial charge >= 0.3 is 0 Å². The molecule has 0 fully saturated rings. The van der Waals surface area contributed by atoms with E-state index in [1.54, 1.807) is 12.4 Å². The van der Waals surface area contributed by atoms with Gasteiger partial charge in [-0.3, -0.25) is 9.88 Å². The van der Waals surface area contributed by atoms with E-state index >= 15 is 0 Å². The molecule has 4 heteroatoms. The zero-order valence-electron chi connectivity index (χ0n) is 13.9. The highest BCUT2D eigenvalue weighted by molar-refractivity contribution is 5.57. The average molecular weight is 319 g/mol. The third-order valence-corrected chi connectivity index (χ3v) is 4.81. The predicted octanol–water partition coefficient (Wildman–Crippen LogP) is 4.25. The van der Waals surface area contributed by atoms with Crippen LogP contribution in [0, 0.1) is 0 Å². The molecule has 0 saturated heterocycles. The van der Waals surface area contributed by atoms with Gasteiger partial charge in [-0.25, -0.2) is 0 Å². The van der Waals surface area contributed by atoms with E-state index < -0.39 is 0 Å². The van der Waals surface area contributed by atoms with Crippen molar-refractivity contribution in [1.82, 2.24) is 15.0 Å². The summed E-state index contributed by atoms with van der Waals surface area (Å²) in [5, 5.41) is 4.20. The Morgan fingerprint density at radius 3 is 2.88 bits per heavy atom. The van der Waals surface area contributed by atoms with E-state index in [1.807, 2.05) is 18.2 Å². The average Bonchev–Trinajstić information content (AvgIpc) is 3.10. The first kappa shape index (κ1) is 15.1. The lowest BCUT2D eigenvalue weighted by Crippen LogP contribution is -2.27. The van der Waals surface area contributed by atoms with Gasteiger partial charge in [0, 0.05) is 30.1 Å². The second-order valence-corrected chi connectivity index (χ2v) is 6.44. The molecule has 4 nitrogen and oxygen atoms in total. The highest BCUT2D eigenvalue weighted by Crippen LogP contribution is 2.34. The third kappa shape index (κ3) is 2.97. The Bertz CT molecular complexity index is 813. The van der Waals surface area contributed by atoms with E-state index in [0.29, 0.717) is 6.04 Å². The van der Waals surface area contributed by atoms with Crippen molar-refractivity contribution in [3.05, 3.63) is 71.7 Å². The molecule has 0 N–H and O–H groups in total. The van der Waals surface area contributed by atoms with Gasteiger partial charge in [0.05, 0.1) is 6.54 Å². The largest absolute Gasteiger partial charge is 0.359 e. The van der Waals surface area contributed by atoms with Crippen molar-refractivity contribution in [2.24, 2.45) is 0 Å². The standard InChI is InChI=1S/C20H21N3O/c1-23(20-8-4-6-15-5-2-3-7-18(15)20)14-17-13-19(22-24-17)16-9-11-21-12-10-16/h2-3,5,7,9-13,20H,4,6,8,14H2,1H3. The maximum absolute atomic E-state index is 5.56. The summed E-state index contributed by atoms with van der Waals surface area (Å²) in [7, 11) is 2.17. The first-order valence-electron chi connectivity index (χ1n) is 8.45. The maximum Gasteiger partial charge on any atom is 0.151 e. The van der Waals surface area contributed by atoms with Gasteiger partial charge in [0.1, 0.15) is 5.69 Å². The van der Waals surface area contributed by atoms with Crippen molar-refractivity contribution >= 4 is 0 Å². The van der Waals surface area contributed by atoms with Crippen LogP contribution in [0.25, 0.3) is 11.3 Å². The molecule has 0 saturated carbocycles. The van der Waals surface area contributed by atoms with Crippen molar-refractivity contribution in [2.45, 2.75) is 31.8 Å². The number of hydrogen-bond acceptors (Lipinski definition) is 4. The molecule has 0 radical (unpaired) electrons. The molecule has 1 aromatic carbocycles. The second-order valence-electron chi connectivity index (χ2n) is 6.44. The number of nitrogens with zero attached hydrogens (tertiary/aromatic N) is 3. The summed E-state index contributed by atoms with van der Waals surface area (Å²) in [6.07, 6.45) is 7.17. The number of aromatic nitrogens is 2. The molecule has 2 aromatic heterocycles.